The molecule has 1 saturated heterocycles. The summed E-state index contributed by atoms with van der Waals surface area (Å²) in [5.41, 5.74) is 4.55. The van der Waals surface area contributed by atoms with Crippen molar-refractivity contribution in [2.45, 2.75) is 27.2 Å². The molecule has 1 N–H and O–H groups in total. The molecule has 2 aromatic carbocycles. The maximum absolute atomic E-state index is 12.4. The number of hydrogen-bond acceptors (Lipinski definition) is 4. The first-order valence-corrected chi connectivity index (χ1v) is 10.1. The lowest BCUT2D eigenvalue weighted by Gasteiger charge is -2.18. The lowest BCUT2D eigenvalue weighted by molar-refractivity contribution is -0.151. The summed E-state index contributed by atoms with van der Waals surface area (Å²) in [5.74, 6) is -1.65. The highest BCUT2D eigenvalue weighted by molar-refractivity contribution is 9.10. The van der Waals surface area contributed by atoms with Crippen molar-refractivity contribution in [2.75, 3.05) is 23.4 Å². The third kappa shape index (κ3) is 5.03. The van der Waals surface area contributed by atoms with Gasteiger partial charge in [0.25, 0.3) is 5.91 Å². The SMILES string of the molecule is Cc1ccc(N2C[C@@H](C(=O)OCC(=O)Nc3ccc(Br)cc3C)CC2=O)cc1C. The van der Waals surface area contributed by atoms with Crippen LogP contribution < -0.4 is 10.2 Å². The van der Waals surface area contributed by atoms with E-state index in [0.29, 0.717) is 5.69 Å². The van der Waals surface area contributed by atoms with E-state index in [-0.39, 0.29) is 25.5 Å². The van der Waals surface area contributed by atoms with E-state index in [0.717, 1.165) is 26.9 Å². The van der Waals surface area contributed by atoms with Gasteiger partial charge in [0.1, 0.15) is 0 Å². The third-order valence-electron chi connectivity index (χ3n) is 5.07. The van der Waals surface area contributed by atoms with Gasteiger partial charge in [-0.05, 0) is 67.8 Å². The van der Waals surface area contributed by atoms with Gasteiger partial charge in [-0.25, -0.2) is 0 Å². The van der Waals surface area contributed by atoms with Crippen LogP contribution in [0.4, 0.5) is 11.4 Å². The first kappa shape index (κ1) is 21.0. The van der Waals surface area contributed by atoms with Crippen molar-refractivity contribution >= 4 is 45.1 Å². The highest BCUT2D eigenvalue weighted by Gasteiger charge is 2.36. The molecule has 1 aliphatic rings. The summed E-state index contributed by atoms with van der Waals surface area (Å²) in [6.07, 6.45) is 0.0825. The van der Waals surface area contributed by atoms with E-state index < -0.39 is 17.8 Å². The average Bonchev–Trinajstić information content (AvgIpc) is 3.06. The summed E-state index contributed by atoms with van der Waals surface area (Å²) in [6, 6.07) is 11.2. The largest absolute Gasteiger partial charge is 0.455 e. The summed E-state index contributed by atoms with van der Waals surface area (Å²) < 4.78 is 6.08. The van der Waals surface area contributed by atoms with Gasteiger partial charge >= 0.3 is 5.97 Å². The van der Waals surface area contributed by atoms with Gasteiger partial charge < -0.3 is 15.0 Å². The van der Waals surface area contributed by atoms with Crippen LogP contribution in [-0.4, -0.2) is 30.9 Å². The molecule has 0 radical (unpaired) electrons. The Hall–Kier alpha value is -2.67. The zero-order valence-electron chi connectivity index (χ0n) is 16.6. The highest BCUT2D eigenvalue weighted by Crippen LogP contribution is 2.27. The van der Waals surface area contributed by atoms with Gasteiger partial charge in [-0.1, -0.05) is 22.0 Å². The predicted octanol–water partition coefficient (Wildman–Crippen LogP) is 3.91. The average molecular weight is 459 g/mol. The fraction of sp³-hybridized carbons (Fsp3) is 0.318. The van der Waals surface area contributed by atoms with Crippen LogP contribution in [0.2, 0.25) is 0 Å². The number of esters is 1. The zero-order valence-corrected chi connectivity index (χ0v) is 18.2. The fourth-order valence-corrected chi connectivity index (χ4v) is 3.69. The normalized spacial score (nSPS) is 16.1. The van der Waals surface area contributed by atoms with Crippen molar-refractivity contribution < 1.29 is 19.1 Å². The standard InChI is InChI=1S/C22H23BrN2O4/c1-13-4-6-18(9-14(13)2)25-11-16(10-21(25)27)22(28)29-12-20(26)24-19-7-5-17(23)8-15(19)3/h4-9,16H,10-12H2,1-3H3,(H,24,26)/t16-/m0/s1. The molecule has 0 aromatic heterocycles. The molecule has 1 atom stereocenters. The number of carbonyl (C=O) groups is 3. The van der Waals surface area contributed by atoms with Crippen LogP contribution in [-0.2, 0) is 19.1 Å². The minimum Gasteiger partial charge on any atom is -0.455 e. The first-order valence-electron chi connectivity index (χ1n) is 9.35. The lowest BCUT2D eigenvalue weighted by Crippen LogP contribution is -2.28. The van der Waals surface area contributed by atoms with E-state index in [1.807, 2.05) is 51.1 Å². The quantitative estimate of drug-likeness (QED) is 0.689. The molecule has 0 unspecified atom stereocenters. The number of rotatable bonds is 5. The van der Waals surface area contributed by atoms with E-state index >= 15 is 0 Å². The van der Waals surface area contributed by atoms with Crippen LogP contribution in [0.5, 0.6) is 0 Å². The number of aryl methyl sites for hydroxylation is 3. The Kier molecular flexibility index (Phi) is 6.37. The number of hydrogen-bond donors (Lipinski definition) is 1. The summed E-state index contributed by atoms with van der Waals surface area (Å²) >= 11 is 3.37. The number of halogens is 1. The second kappa shape index (κ2) is 8.78. The summed E-state index contributed by atoms with van der Waals surface area (Å²) in [4.78, 5) is 38.4. The van der Waals surface area contributed by atoms with E-state index in [1.54, 1.807) is 11.0 Å². The van der Waals surface area contributed by atoms with Crippen LogP contribution in [0.25, 0.3) is 0 Å². The number of benzene rings is 2. The Morgan fingerprint density at radius 3 is 2.55 bits per heavy atom. The van der Waals surface area contributed by atoms with Crippen LogP contribution in [0.15, 0.2) is 40.9 Å². The van der Waals surface area contributed by atoms with Crippen molar-refractivity contribution in [1.82, 2.24) is 0 Å². The zero-order chi connectivity index (χ0) is 21.1. The van der Waals surface area contributed by atoms with E-state index in [2.05, 4.69) is 21.2 Å². The second-order valence-electron chi connectivity index (χ2n) is 7.29. The molecule has 0 saturated carbocycles. The van der Waals surface area contributed by atoms with Crippen molar-refractivity contribution in [2.24, 2.45) is 5.92 Å². The fourth-order valence-electron chi connectivity index (χ4n) is 3.22. The molecule has 1 aliphatic heterocycles. The Bertz CT molecular complexity index is 973. The van der Waals surface area contributed by atoms with Crippen LogP contribution in [0.1, 0.15) is 23.1 Å². The Balaban J connectivity index is 1.55. The second-order valence-corrected chi connectivity index (χ2v) is 8.20. The molecule has 0 bridgehead atoms. The number of nitrogens with zero attached hydrogens (tertiary/aromatic N) is 1. The summed E-state index contributed by atoms with van der Waals surface area (Å²) in [7, 11) is 0. The summed E-state index contributed by atoms with van der Waals surface area (Å²) in [5, 5.41) is 2.72. The van der Waals surface area contributed by atoms with Gasteiger partial charge in [-0.2, -0.15) is 0 Å². The van der Waals surface area contributed by atoms with Crippen molar-refractivity contribution in [3.05, 3.63) is 57.6 Å². The molecular formula is C22H23BrN2O4. The van der Waals surface area contributed by atoms with Crippen molar-refractivity contribution in [1.29, 1.82) is 0 Å². The molecule has 29 heavy (non-hydrogen) atoms. The number of nitrogens with one attached hydrogen (secondary N) is 1. The Labute approximate surface area is 178 Å². The van der Waals surface area contributed by atoms with Crippen LogP contribution in [0.3, 0.4) is 0 Å². The molecule has 2 amide bonds. The minimum atomic E-state index is -0.577. The third-order valence-corrected chi connectivity index (χ3v) is 5.56. The molecular weight excluding hydrogens is 436 g/mol. The number of ether oxygens (including phenoxy) is 1. The maximum atomic E-state index is 12.4. The molecule has 0 aliphatic carbocycles. The molecule has 1 fully saturated rings. The predicted molar refractivity (Wildman–Crippen MR) is 115 cm³/mol. The lowest BCUT2D eigenvalue weighted by atomic mass is 10.1. The molecule has 7 heteroatoms. The van der Waals surface area contributed by atoms with Gasteiger partial charge in [-0.15, -0.1) is 0 Å². The van der Waals surface area contributed by atoms with Crippen LogP contribution in [0, 0.1) is 26.7 Å². The highest BCUT2D eigenvalue weighted by atomic mass is 79.9. The van der Waals surface area contributed by atoms with Crippen LogP contribution >= 0.6 is 15.9 Å². The van der Waals surface area contributed by atoms with Gasteiger partial charge in [0.15, 0.2) is 6.61 Å². The van der Waals surface area contributed by atoms with Crippen molar-refractivity contribution in [3.63, 3.8) is 0 Å². The molecule has 0 spiro atoms. The van der Waals surface area contributed by atoms with E-state index in [4.69, 9.17) is 4.74 Å². The number of amides is 2. The molecule has 6 nitrogen and oxygen atoms in total. The first-order chi connectivity index (χ1) is 13.7. The number of anilines is 2. The Morgan fingerprint density at radius 2 is 1.86 bits per heavy atom. The van der Waals surface area contributed by atoms with E-state index in [9.17, 15) is 14.4 Å². The topological polar surface area (TPSA) is 75.7 Å². The van der Waals surface area contributed by atoms with Gasteiger partial charge in [-0.3, -0.25) is 14.4 Å². The smallest absolute Gasteiger partial charge is 0.311 e. The van der Waals surface area contributed by atoms with Gasteiger partial charge in [0.05, 0.1) is 5.92 Å². The number of carbonyl (C=O) groups excluding carboxylic acids is 3. The van der Waals surface area contributed by atoms with E-state index in [1.165, 1.54) is 0 Å². The molecule has 3 rings (SSSR count). The minimum absolute atomic E-state index is 0.0825. The van der Waals surface area contributed by atoms with Gasteiger partial charge in [0.2, 0.25) is 5.91 Å². The molecule has 152 valence electrons. The van der Waals surface area contributed by atoms with Gasteiger partial charge in [0, 0.05) is 28.8 Å². The maximum Gasteiger partial charge on any atom is 0.311 e. The monoisotopic (exact) mass is 458 g/mol. The Morgan fingerprint density at radius 1 is 1.10 bits per heavy atom. The van der Waals surface area contributed by atoms with Crippen molar-refractivity contribution in [3.8, 4) is 0 Å². The molecule has 2 aromatic rings. The summed E-state index contributed by atoms with van der Waals surface area (Å²) in [6.45, 7) is 5.73. The molecule has 1 heterocycles.